The van der Waals surface area contributed by atoms with E-state index in [2.05, 4.69) is 15.6 Å². The topological polar surface area (TPSA) is 72.5 Å². The molecule has 0 spiro atoms. The van der Waals surface area contributed by atoms with Crippen LogP contribution < -0.4 is 20.1 Å². The summed E-state index contributed by atoms with van der Waals surface area (Å²) in [5, 5.41) is 6.24. The van der Waals surface area contributed by atoms with E-state index in [4.69, 9.17) is 9.47 Å². The first kappa shape index (κ1) is 17.9. The van der Waals surface area contributed by atoms with Gasteiger partial charge in [0.1, 0.15) is 5.69 Å². The number of hydrogen-bond donors (Lipinski definition) is 2. The molecule has 0 atom stereocenters. The lowest BCUT2D eigenvalue weighted by Crippen LogP contribution is -2.15. The normalized spacial score (nSPS) is 11.9. The van der Waals surface area contributed by atoms with Gasteiger partial charge in [-0.05, 0) is 55.3 Å². The zero-order valence-electron chi connectivity index (χ0n) is 15.8. The van der Waals surface area contributed by atoms with Gasteiger partial charge in [-0.15, -0.1) is 0 Å². The summed E-state index contributed by atoms with van der Waals surface area (Å²) in [5.41, 5.74) is 5.20. The summed E-state index contributed by atoms with van der Waals surface area (Å²) in [6.45, 7) is 4.85. The molecule has 6 nitrogen and oxygen atoms in total. The van der Waals surface area contributed by atoms with Gasteiger partial charge >= 0.3 is 0 Å². The maximum atomic E-state index is 12.6. The molecule has 0 aliphatic carbocycles. The predicted molar refractivity (Wildman–Crippen MR) is 108 cm³/mol. The highest BCUT2D eigenvalue weighted by molar-refractivity contribution is 6.03. The van der Waals surface area contributed by atoms with Gasteiger partial charge in [0.25, 0.3) is 5.91 Å². The summed E-state index contributed by atoms with van der Waals surface area (Å²) in [5.74, 6) is 1.28. The smallest absolute Gasteiger partial charge is 0.274 e. The van der Waals surface area contributed by atoms with Crippen molar-refractivity contribution in [2.75, 3.05) is 17.4 Å². The van der Waals surface area contributed by atoms with Crippen molar-refractivity contribution >= 4 is 17.3 Å². The lowest BCUT2D eigenvalue weighted by molar-refractivity contribution is 0.102. The van der Waals surface area contributed by atoms with E-state index >= 15 is 0 Å². The van der Waals surface area contributed by atoms with Crippen molar-refractivity contribution in [1.29, 1.82) is 0 Å². The second kappa shape index (κ2) is 7.60. The molecule has 28 heavy (non-hydrogen) atoms. The van der Waals surface area contributed by atoms with Gasteiger partial charge in [-0.3, -0.25) is 9.78 Å². The summed E-state index contributed by atoms with van der Waals surface area (Å²) in [4.78, 5) is 16.8. The lowest BCUT2D eigenvalue weighted by Gasteiger charge is -2.11. The molecule has 1 aliphatic rings. The Labute approximate surface area is 163 Å². The third-order valence-corrected chi connectivity index (χ3v) is 4.56. The van der Waals surface area contributed by atoms with Crippen molar-refractivity contribution in [3.63, 3.8) is 0 Å². The highest BCUT2D eigenvalue weighted by atomic mass is 16.7. The molecule has 3 aromatic rings. The zero-order valence-corrected chi connectivity index (χ0v) is 15.8. The fourth-order valence-electron chi connectivity index (χ4n) is 3.06. The number of carbonyl (C=O) groups is 1. The van der Waals surface area contributed by atoms with Crippen LogP contribution in [-0.4, -0.2) is 17.7 Å². The summed E-state index contributed by atoms with van der Waals surface area (Å²) in [6, 6.07) is 15.3. The number of pyridine rings is 1. The zero-order chi connectivity index (χ0) is 19.5. The van der Waals surface area contributed by atoms with Crippen LogP contribution in [0.1, 0.15) is 27.2 Å². The van der Waals surface area contributed by atoms with Gasteiger partial charge in [-0.1, -0.05) is 23.8 Å². The SMILES string of the molecule is Cc1ccc(NC(=O)c2cc(NCc3ccc4c(c3)OCO4)ccn2)c(C)c1. The maximum Gasteiger partial charge on any atom is 0.274 e. The van der Waals surface area contributed by atoms with E-state index in [1.165, 1.54) is 0 Å². The monoisotopic (exact) mass is 375 g/mol. The Hall–Kier alpha value is -3.54. The molecule has 1 aliphatic heterocycles. The maximum absolute atomic E-state index is 12.6. The van der Waals surface area contributed by atoms with Gasteiger partial charge in [0, 0.05) is 24.1 Å². The number of nitrogens with zero attached hydrogens (tertiary/aromatic N) is 1. The highest BCUT2D eigenvalue weighted by Crippen LogP contribution is 2.32. The van der Waals surface area contributed by atoms with E-state index in [-0.39, 0.29) is 12.7 Å². The quantitative estimate of drug-likeness (QED) is 0.696. The largest absolute Gasteiger partial charge is 0.454 e. The molecule has 0 fully saturated rings. The van der Waals surface area contributed by atoms with Gasteiger partial charge in [0.05, 0.1) is 0 Å². The van der Waals surface area contributed by atoms with Crippen LogP contribution >= 0.6 is 0 Å². The molecule has 4 rings (SSSR count). The van der Waals surface area contributed by atoms with Crippen LogP contribution in [0, 0.1) is 13.8 Å². The van der Waals surface area contributed by atoms with Crippen molar-refractivity contribution in [1.82, 2.24) is 4.98 Å². The second-order valence-electron chi connectivity index (χ2n) is 6.74. The molecule has 2 N–H and O–H groups in total. The predicted octanol–water partition coefficient (Wildman–Crippen LogP) is 4.29. The van der Waals surface area contributed by atoms with E-state index < -0.39 is 0 Å². The molecule has 2 heterocycles. The number of fused-ring (bicyclic) bond motifs is 1. The molecular weight excluding hydrogens is 354 g/mol. The standard InChI is InChI=1S/C22H21N3O3/c1-14-3-5-18(15(2)9-14)25-22(26)19-11-17(7-8-23-19)24-12-16-4-6-20-21(10-16)28-13-27-20/h3-11H,12-13H2,1-2H3,(H,23,24)(H,25,26). The van der Waals surface area contributed by atoms with Crippen LogP contribution in [0.4, 0.5) is 11.4 Å². The van der Waals surface area contributed by atoms with Gasteiger partial charge in [0.15, 0.2) is 11.5 Å². The number of carbonyl (C=O) groups excluding carboxylic acids is 1. The van der Waals surface area contributed by atoms with Gasteiger partial charge in [-0.25, -0.2) is 0 Å². The number of benzene rings is 2. The molecule has 0 radical (unpaired) electrons. The third-order valence-electron chi connectivity index (χ3n) is 4.56. The van der Waals surface area contributed by atoms with Crippen LogP contribution in [0.2, 0.25) is 0 Å². The summed E-state index contributed by atoms with van der Waals surface area (Å²) >= 11 is 0. The van der Waals surface area contributed by atoms with E-state index in [0.717, 1.165) is 39.6 Å². The Kier molecular flexibility index (Phi) is 4.85. The first-order valence-corrected chi connectivity index (χ1v) is 9.05. The fraction of sp³-hybridized carbons (Fsp3) is 0.182. The summed E-state index contributed by atoms with van der Waals surface area (Å²) < 4.78 is 10.7. The fourth-order valence-corrected chi connectivity index (χ4v) is 3.06. The number of ether oxygens (including phenoxy) is 2. The van der Waals surface area contributed by atoms with Gasteiger partial charge in [0.2, 0.25) is 6.79 Å². The van der Waals surface area contributed by atoms with Crippen molar-refractivity contribution in [2.24, 2.45) is 0 Å². The van der Waals surface area contributed by atoms with E-state index in [1.54, 1.807) is 12.3 Å². The summed E-state index contributed by atoms with van der Waals surface area (Å²) in [6.07, 6.45) is 1.62. The van der Waals surface area contributed by atoms with Gasteiger partial charge in [-0.2, -0.15) is 0 Å². The van der Waals surface area contributed by atoms with Crippen LogP contribution in [0.3, 0.4) is 0 Å². The first-order valence-electron chi connectivity index (χ1n) is 9.05. The minimum Gasteiger partial charge on any atom is -0.454 e. The number of amides is 1. The Bertz CT molecular complexity index is 1030. The molecule has 0 unspecified atom stereocenters. The molecular formula is C22H21N3O3. The molecule has 1 amide bonds. The Morgan fingerprint density at radius 1 is 1.04 bits per heavy atom. The first-order chi connectivity index (χ1) is 13.6. The van der Waals surface area contributed by atoms with Gasteiger partial charge < -0.3 is 20.1 Å². The van der Waals surface area contributed by atoms with Crippen molar-refractivity contribution in [2.45, 2.75) is 20.4 Å². The molecule has 0 bridgehead atoms. The number of aromatic nitrogens is 1. The van der Waals surface area contributed by atoms with E-state index in [1.807, 2.05) is 56.3 Å². The van der Waals surface area contributed by atoms with E-state index in [9.17, 15) is 4.79 Å². The molecule has 0 saturated carbocycles. The van der Waals surface area contributed by atoms with Crippen LogP contribution in [0.15, 0.2) is 54.7 Å². The number of anilines is 2. The second-order valence-corrected chi connectivity index (χ2v) is 6.74. The Morgan fingerprint density at radius 3 is 2.75 bits per heavy atom. The number of rotatable bonds is 5. The van der Waals surface area contributed by atoms with Crippen molar-refractivity contribution in [3.8, 4) is 11.5 Å². The molecule has 0 saturated heterocycles. The molecule has 142 valence electrons. The summed E-state index contributed by atoms with van der Waals surface area (Å²) in [7, 11) is 0. The lowest BCUT2D eigenvalue weighted by atomic mass is 10.1. The Morgan fingerprint density at radius 2 is 1.89 bits per heavy atom. The van der Waals surface area contributed by atoms with Crippen LogP contribution in [0.25, 0.3) is 0 Å². The van der Waals surface area contributed by atoms with Crippen LogP contribution in [0.5, 0.6) is 11.5 Å². The molecule has 2 aromatic carbocycles. The minimum absolute atomic E-state index is 0.237. The highest BCUT2D eigenvalue weighted by Gasteiger charge is 2.13. The van der Waals surface area contributed by atoms with Crippen LogP contribution in [-0.2, 0) is 6.54 Å². The minimum atomic E-state index is -0.237. The number of nitrogens with one attached hydrogen (secondary N) is 2. The average Bonchev–Trinajstić information content (AvgIpc) is 3.16. The average molecular weight is 375 g/mol. The van der Waals surface area contributed by atoms with Crippen molar-refractivity contribution < 1.29 is 14.3 Å². The van der Waals surface area contributed by atoms with Crippen molar-refractivity contribution in [3.05, 3.63) is 77.1 Å². The Balaban J connectivity index is 1.43. The number of aryl methyl sites for hydroxylation is 2. The molecule has 6 heteroatoms. The van der Waals surface area contributed by atoms with E-state index in [0.29, 0.717) is 12.2 Å². The number of hydrogen-bond acceptors (Lipinski definition) is 5. The molecule has 1 aromatic heterocycles. The third kappa shape index (κ3) is 3.91.